The molecular formula is C15H21NO2S. The third kappa shape index (κ3) is 3.98. The largest absolute Gasteiger partial charge is 0.468 e. The van der Waals surface area contributed by atoms with Crippen molar-refractivity contribution >= 4 is 17.7 Å². The Bertz CT molecular complexity index is 430. The SMILES string of the molecule is COC(=O)[C@@H](NC1CCSCC1)c1cccc(C)c1. The van der Waals surface area contributed by atoms with Crippen LogP contribution in [0.4, 0.5) is 0 Å². The lowest BCUT2D eigenvalue weighted by atomic mass is 10.0. The number of carbonyl (C=O) groups excluding carboxylic acids is 1. The van der Waals surface area contributed by atoms with E-state index in [2.05, 4.69) is 5.32 Å². The molecule has 2 rings (SSSR count). The summed E-state index contributed by atoms with van der Waals surface area (Å²) in [6, 6.07) is 8.11. The van der Waals surface area contributed by atoms with Crippen molar-refractivity contribution in [2.75, 3.05) is 18.6 Å². The fourth-order valence-corrected chi connectivity index (χ4v) is 3.47. The highest BCUT2D eigenvalue weighted by molar-refractivity contribution is 7.99. The number of rotatable bonds is 4. The van der Waals surface area contributed by atoms with Crippen LogP contribution in [-0.2, 0) is 9.53 Å². The second-order valence-corrected chi connectivity index (χ2v) is 6.15. The van der Waals surface area contributed by atoms with E-state index in [0.29, 0.717) is 6.04 Å². The standard InChI is InChI=1S/C15H21NO2S/c1-11-4-3-5-12(10-11)14(15(17)18-2)16-13-6-8-19-9-7-13/h3-5,10,13-14,16H,6-9H2,1-2H3/t14-/m0/s1. The molecule has 0 amide bonds. The molecule has 0 spiro atoms. The number of benzene rings is 1. The number of aryl methyl sites for hydroxylation is 1. The maximum absolute atomic E-state index is 12.0. The molecule has 1 aliphatic rings. The average molecular weight is 279 g/mol. The number of carbonyl (C=O) groups is 1. The van der Waals surface area contributed by atoms with Crippen LogP contribution >= 0.6 is 11.8 Å². The lowest BCUT2D eigenvalue weighted by Crippen LogP contribution is -2.39. The highest BCUT2D eigenvalue weighted by Crippen LogP contribution is 2.22. The lowest BCUT2D eigenvalue weighted by Gasteiger charge is -2.27. The maximum Gasteiger partial charge on any atom is 0.327 e. The van der Waals surface area contributed by atoms with E-state index >= 15 is 0 Å². The van der Waals surface area contributed by atoms with E-state index in [4.69, 9.17) is 4.74 Å². The molecule has 104 valence electrons. The van der Waals surface area contributed by atoms with Crippen LogP contribution in [0.1, 0.15) is 30.0 Å². The van der Waals surface area contributed by atoms with Crippen LogP contribution in [0.25, 0.3) is 0 Å². The molecule has 4 heteroatoms. The van der Waals surface area contributed by atoms with Crippen molar-refractivity contribution in [3.63, 3.8) is 0 Å². The minimum absolute atomic E-state index is 0.205. The van der Waals surface area contributed by atoms with Crippen LogP contribution in [0.5, 0.6) is 0 Å². The minimum Gasteiger partial charge on any atom is -0.468 e. The predicted molar refractivity (Wildman–Crippen MR) is 79.4 cm³/mol. The fourth-order valence-electron chi connectivity index (χ4n) is 2.37. The zero-order valence-electron chi connectivity index (χ0n) is 11.5. The summed E-state index contributed by atoms with van der Waals surface area (Å²) in [5.41, 5.74) is 2.15. The maximum atomic E-state index is 12.0. The summed E-state index contributed by atoms with van der Waals surface area (Å²) < 4.78 is 4.94. The van der Waals surface area contributed by atoms with Crippen LogP contribution in [0.2, 0.25) is 0 Å². The Morgan fingerprint density at radius 3 is 2.79 bits per heavy atom. The van der Waals surface area contributed by atoms with Gasteiger partial charge in [0.25, 0.3) is 0 Å². The van der Waals surface area contributed by atoms with Gasteiger partial charge in [0, 0.05) is 6.04 Å². The van der Waals surface area contributed by atoms with Crippen molar-refractivity contribution in [2.24, 2.45) is 0 Å². The Morgan fingerprint density at radius 2 is 2.16 bits per heavy atom. The molecular weight excluding hydrogens is 258 g/mol. The smallest absolute Gasteiger partial charge is 0.327 e. The number of thioether (sulfide) groups is 1. The summed E-state index contributed by atoms with van der Waals surface area (Å²) in [6.45, 7) is 2.04. The molecule has 0 saturated carbocycles. The second-order valence-electron chi connectivity index (χ2n) is 4.92. The van der Waals surface area contributed by atoms with E-state index in [1.165, 1.54) is 18.6 Å². The number of ether oxygens (including phenoxy) is 1. The molecule has 1 aromatic carbocycles. The van der Waals surface area contributed by atoms with Crippen LogP contribution in [0.15, 0.2) is 24.3 Å². The fraction of sp³-hybridized carbons (Fsp3) is 0.533. The van der Waals surface area contributed by atoms with Gasteiger partial charge in [0.1, 0.15) is 6.04 Å². The van der Waals surface area contributed by atoms with Gasteiger partial charge in [0.15, 0.2) is 0 Å². The van der Waals surface area contributed by atoms with Gasteiger partial charge in [-0.05, 0) is 36.8 Å². The third-order valence-corrected chi connectivity index (χ3v) is 4.48. The van der Waals surface area contributed by atoms with Crippen molar-refractivity contribution < 1.29 is 9.53 Å². The second kappa shape index (κ2) is 6.96. The Hall–Kier alpha value is -1.00. The molecule has 1 aromatic rings. The zero-order chi connectivity index (χ0) is 13.7. The Kier molecular flexibility index (Phi) is 5.28. The van der Waals surface area contributed by atoms with Crippen molar-refractivity contribution in [2.45, 2.75) is 31.8 Å². The summed E-state index contributed by atoms with van der Waals surface area (Å²) in [6.07, 6.45) is 2.23. The van der Waals surface area contributed by atoms with Crippen molar-refractivity contribution in [3.05, 3.63) is 35.4 Å². The first-order chi connectivity index (χ1) is 9.20. The topological polar surface area (TPSA) is 38.3 Å². The molecule has 1 heterocycles. The number of esters is 1. The van der Waals surface area contributed by atoms with Gasteiger partial charge in [-0.15, -0.1) is 0 Å². The molecule has 1 atom stereocenters. The molecule has 0 aliphatic carbocycles. The molecule has 0 unspecified atom stereocenters. The summed E-state index contributed by atoms with van der Waals surface area (Å²) in [7, 11) is 1.45. The van der Waals surface area contributed by atoms with Crippen LogP contribution in [0.3, 0.4) is 0 Å². The first-order valence-corrected chi connectivity index (χ1v) is 7.84. The molecule has 0 radical (unpaired) electrons. The summed E-state index contributed by atoms with van der Waals surface area (Å²) in [5, 5.41) is 3.46. The van der Waals surface area contributed by atoms with Gasteiger partial charge in [0.05, 0.1) is 7.11 Å². The van der Waals surface area contributed by atoms with Gasteiger partial charge < -0.3 is 4.74 Å². The Labute approximate surface area is 119 Å². The highest BCUT2D eigenvalue weighted by Gasteiger charge is 2.25. The lowest BCUT2D eigenvalue weighted by molar-refractivity contribution is -0.143. The molecule has 3 nitrogen and oxygen atoms in total. The van der Waals surface area contributed by atoms with Gasteiger partial charge in [-0.1, -0.05) is 29.8 Å². The van der Waals surface area contributed by atoms with E-state index in [0.717, 1.165) is 24.0 Å². The molecule has 0 bridgehead atoms. The Balaban J connectivity index is 2.13. The summed E-state index contributed by atoms with van der Waals surface area (Å²) >= 11 is 1.98. The van der Waals surface area contributed by atoms with E-state index < -0.39 is 0 Å². The van der Waals surface area contributed by atoms with Crippen molar-refractivity contribution in [1.82, 2.24) is 5.32 Å². The molecule has 19 heavy (non-hydrogen) atoms. The number of hydrogen-bond donors (Lipinski definition) is 1. The molecule has 0 aromatic heterocycles. The van der Waals surface area contributed by atoms with Crippen molar-refractivity contribution in [1.29, 1.82) is 0 Å². The van der Waals surface area contributed by atoms with Gasteiger partial charge >= 0.3 is 5.97 Å². The van der Waals surface area contributed by atoms with Crippen LogP contribution in [-0.4, -0.2) is 30.6 Å². The summed E-state index contributed by atoms with van der Waals surface area (Å²) in [5.74, 6) is 2.13. The van der Waals surface area contributed by atoms with E-state index in [1.54, 1.807) is 0 Å². The normalized spacial score (nSPS) is 18.0. The molecule has 1 saturated heterocycles. The van der Waals surface area contributed by atoms with Gasteiger partial charge in [-0.3, -0.25) is 5.32 Å². The van der Waals surface area contributed by atoms with Gasteiger partial charge in [0.2, 0.25) is 0 Å². The highest BCUT2D eigenvalue weighted by atomic mass is 32.2. The molecule has 1 N–H and O–H groups in total. The summed E-state index contributed by atoms with van der Waals surface area (Å²) in [4.78, 5) is 12.0. The number of hydrogen-bond acceptors (Lipinski definition) is 4. The molecule has 1 fully saturated rings. The zero-order valence-corrected chi connectivity index (χ0v) is 12.3. The number of nitrogens with one attached hydrogen (secondary N) is 1. The van der Waals surface area contributed by atoms with E-state index in [9.17, 15) is 4.79 Å². The van der Waals surface area contributed by atoms with E-state index in [-0.39, 0.29) is 12.0 Å². The van der Waals surface area contributed by atoms with E-state index in [1.807, 2.05) is 43.0 Å². The average Bonchev–Trinajstić information content (AvgIpc) is 2.45. The van der Waals surface area contributed by atoms with Crippen LogP contribution in [0, 0.1) is 6.92 Å². The van der Waals surface area contributed by atoms with Gasteiger partial charge in [-0.2, -0.15) is 11.8 Å². The Morgan fingerprint density at radius 1 is 1.42 bits per heavy atom. The molecule has 1 aliphatic heterocycles. The van der Waals surface area contributed by atoms with Gasteiger partial charge in [-0.25, -0.2) is 4.79 Å². The first kappa shape index (κ1) is 14.4. The quantitative estimate of drug-likeness (QED) is 0.860. The predicted octanol–water partition coefficient (Wildman–Crippen LogP) is 2.69. The third-order valence-electron chi connectivity index (χ3n) is 3.44. The first-order valence-electron chi connectivity index (χ1n) is 6.69. The monoisotopic (exact) mass is 279 g/mol. The van der Waals surface area contributed by atoms with Crippen LogP contribution < -0.4 is 5.32 Å². The number of methoxy groups -OCH3 is 1. The van der Waals surface area contributed by atoms with Crippen molar-refractivity contribution in [3.8, 4) is 0 Å². The minimum atomic E-state index is -0.349.